The van der Waals surface area contributed by atoms with Gasteiger partial charge in [0.1, 0.15) is 17.6 Å². The first-order valence-electron chi connectivity index (χ1n) is 19.7. The Labute approximate surface area is 344 Å². The average Bonchev–Trinajstić information content (AvgIpc) is 3.66. The number of H-pyrrole nitrogens is 1. The highest BCUT2D eigenvalue weighted by molar-refractivity contribution is 6.42. The molecule has 0 fully saturated rings. The minimum atomic E-state index is -0.883. The molecule has 7 amide bonds. The molecule has 7 N–H and O–H groups in total. The predicted molar refractivity (Wildman–Crippen MR) is 223 cm³/mol. The van der Waals surface area contributed by atoms with E-state index < -0.39 is 41.5 Å². The Hall–Kier alpha value is -6.07. The number of benzene rings is 2. The number of halogens is 1. The van der Waals surface area contributed by atoms with E-state index in [-0.39, 0.29) is 68.2 Å². The number of carbonyl (C=O) groups is 6. The Kier molecular flexibility index (Phi) is 16.7. The fraction of sp³-hybridized carbons (Fsp3) is 0.429. The zero-order chi connectivity index (χ0) is 43.2. The Balaban J connectivity index is 1.31. The molecule has 1 atom stereocenters. The second-order valence-electron chi connectivity index (χ2n) is 14.1. The number of aromatic amines is 1. The predicted octanol–water partition coefficient (Wildman–Crippen LogP) is 2.84. The van der Waals surface area contributed by atoms with Crippen molar-refractivity contribution in [3.63, 3.8) is 0 Å². The number of amides is 7. The van der Waals surface area contributed by atoms with Gasteiger partial charge in [0.25, 0.3) is 11.8 Å². The largest absolute Gasteiger partial charge is 0.497 e. The second kappa shape index (κ2) is 21.6. The molecule has 4 rings (SSSR count). The first-order valence-corrected chi connectivity index (χ1v) is 19.7. The molecule has 1 aliphatic heterocycles. The number of carbonyl (C=O) groups excluding carboxylic acids is 6. The van der Waals surface area contributed by atoms with Gasteiger partial charge in [-0.15, -0.1) is 0 Å². The number of aromatic nitrogens is 1. The van der Waals surface area contributed by atoms with Crippen molar-refractivity contribution in [2.24, 2.45) is 5.73 Å². The van der Waals surface area contributed by atoms with Crippen molar-refractivity contribution in [3.8, 4) is 5.75 Å². The van der Waals surface area contributed by atoms with Crippen molar-refractivity contribution in [1.82, 2.24) is 36.1 Å². The van der Waals surface area contributed by atoms with E-state index in [1.807, 2.05) is 12.1 Å². The number of methoxy groups -OCH3 is 1. The van der Waals surface area contributed by atoms with Crippen molar-refractivity contribution in [1.29, 1.82) is 0 Å². The van der Waals surface area contributed by atoms with Crippen LogP contribution in [0.4, 0.5) is 14.9 Å². The lowest BCUT2D eigenvalue weighted by atomic mass is 10.0. The molecule has 2 heterocycles. The average molecular weight is 818 g/mol. The van der Waals surface area contributed by atoms with Gasteiger partial charge >= 0.3 is 6.03 Å². The van der Waals surface area contributed by atoms with Gasteiger partial charge in [0.15, 0.2) is 0 Å². The van der Waals surface area contributed by atoms with Gasteiger partial charge in [-0.2, -0.15) is 0 Å². The number of nitrogens with zero attached hydrogens (tertiary/aromatic N) is 3. The van der Waals surface area contributed by atoms with Crippen LogP contribution < -0.4 is 36.6 Å². The van der Waals surface area contributed by atoms with Gasteiger partial charge in [0.2, 0.25) is 17.7 Å². The molecule has 318 valence electrons. The Morgan fingerprint density at radius 3 is 2.29 bits per heavy atom. The van der Waals surface area contributed by atoms with Gasteiger partial charge in [-0.3, -0.25) is 24.0 Å². The van der Waals surface area contributed by atoms with Crippen LogP contribution in [0.1, 0.15) is 71.5 Å². The fourth-order valence-electron chi connectivity index (χ4n) is 6.66. The van der Waals surface area contributed by atoms with E-state index in [4.69, 9.17) is 10.5 Å². The quantitative estimate of drug-likeness (QED) is 0.0925. The van der Waals surface area contributed by atoms with Crippen LogP contribution in [0, 0.1) is 19.7 Å². The van der Waals surface area contributed by atoms with Gasteiger partial charge in [-0.1, -0.05) is 26.0 Å². The van der Waals surface area contributed by atoms with Crippen LogP contribution in [0.2, 0.25) is 0 Å². The number of fused-ring (bicyclic) bond motifs is 1. The lowest BCUT2D eigenvalue weighted by Crippen LogP contribution is -2.47. The fourth-order valence-corrected chi connectivity index (χ4v) is 6.66. The van der Waals surface area contributed by atoms with Gasteiger partial charge in [-0.05, 0) is 87.4 Å². The number of nitrogens with two attached hydrogens (primary N) is 1. The van der Waals surface area contributed by atoms with E-state index in [2.05, 4.69) is 45.0 Å². The third-order valence-corrected chi connectivity index (χ3v) is 10.1. The second-order valence-corrected chi connectivity index (χ2v) is 14.1. The highest BCUT2D eigenvalue weighted by Gasteiger charge is 2.39. The highest BCUT2D eigenvalue weighted by Crippen LogP contribution is 2.39. The monoisotopic (exact) mass is 817 g/mol. The van der Waals surface area contributed by atoms with Crippen LogP contribution in [-0.2, 0) is 25.7 Å². The molecule has 0 bridgehead atoms. The summed E-state index contributed by atoms with van der Waals surface area (Å²) in [5, 5.41) is 11.0. The topological polar surface area (TPSA) is 211 Å². The van der Waals surface area contributed by atoms with Gasteiger partial charge in [-0.25, -0.2) is 14.1 Å². The summed E-state index contributed by atoms with van der Waals surface area (Å²) in [5.74, 6) is -2.24. The van der Waals surface area contributed by atoms with Crippen molar-refractivity contribution in [2.45, 2.75) is 59.5 Å². The first-order chi connectivity index (χ1) is 28.2. The molecule has 16 nitrogen and oxygen atoms in total. The number of hydrogen-bond acceptors (Lipinski definition) is 9. The number of nitrogens with one attached hydrogen (secondary N) is 5. The van der Waals surface area contributed by atoms with E-state index in [1.54, 1.807) is 33.1 Å². The molecular weight excluding hydrogens is 762 g/mol. The van der Waals surface area contributed by atoms with Gasteiger partial charge in [0, 0.05) is 69.6 Å². The zero-order valence-electron chi connectivity index (χ0n) is 34.6. The first kappa shape index (κ1) is 45.6. The molecule has 1 aliphatic rings. The highest BCUT2D eigenvalue weighted by atomic mass is 19.1. The summed E-state index contributed by atoms with van der Waals surface area (Å²) >= 11 is 0. The molecular formula is C42H56FN9O7. The summed E-state index contributed by atoms with van der Waals surface area (Å²) in [6.07, 6.45) is 1.35. The summed E-state index contributed by atoms with van der Waals surface area (Å²) in [6.45, 7) is 10.9. The maximum absolute atomic E-state index is 14.6. The number of rotatable bonds is 20. The van der Waals surface area contributed by atoms with Gasteiger partial charge < -0.3 is 46.5 Å². The summed E-state index contributed by atoms with van der Waals surface area (Å²) in [4.78, 5) is 86.4. The number of imide groups is 1. The van der Waals surface area contributed by atoms with Gasteiger partial charge in [0.05, 0.1) is 23.9 Å². The Morgan fingerprint density at radius 1 is 0.949 bits per heavy atom. The van der Waals surface area contributed by atoms with Crippen molar-refractivity contribution >= 4 is 52.9 Å². The zero-order valence-corrected chi connectivity index (χ0v) is 34.6. The molecule has 3 aromatic rings. The lowest BCUT2D eigenvalue weighted by Gasteiger charge is -2.23. The SMILES string of the molecule is CCN(CC)CCNC(=O)c1c(C)[nH]c(/C=C2\C(=O)N(C(=O)N(C)CCNC(=O)CCC(=O)N[C@@H](CCN)C(=O)NCc3ccc(OC)cc3)c3ccc(F)cc32)c1C. The van der Waals surface area contributed by atoms with E-state index in [9.17, 15) is 33.2 Å². The number of likely N-dealkylation sites (N-methyl/N-ethyl adjacent to an activating group) is 2. The van der Waals surface area contributed by atoms with Crippen LogP contribution in [0.15, 0.2) is 42.5 Å². The molecule has 0 unspecified atom stereocenters. The van der Waals surface area contributed by atoms with Crippen LogP contribution in [0.3, 0.4) is 0 Å². The lowest BCUT2D eigenvalue weighted by molar-refractivity contribution is -0.130. The number of anilines is 1. The Morgan fingerprint density at radius 2 is 1.63 bits per heavy atom. The van der Waals surface area contributed by atoms with Crippen LogP contribution in [-0.4, -0.2) is 116 Å². The molecule has 0 spiro atoms. The number of ether oxygens (including phenoxy) is 1. The molecule has 0 radical (unpaired) electrons. The van der Waals surface area contributed by atoms with Crippen LogP contribution in [0.25, 0.3) is 11.6 Å². The van der Waals surface area contributed by atoms with Crippen molar-refractivity contribution in [2.75, 3.05) is 64.9 Å². The maximum Gasteiger partial charge on any atom is 0.331 e. The molecule has 1 aromatic heterocycles. The summed E-state index contributed by atoms with van der Waals surface area (Å²) in [7, 11) is 3.02. The molecule has 17 heteroatoms. The maximum atomic E-state index is 14.6. The van der Waals surface area contributed by atoms with E-state index in [0.717, 1.165) is 29.6 Å². The van der Waals surface area contributed by atoms with Crippen LogP contribution in [0.5, 0.6) is 5.75 Å². The third kappa shape index (κ3) is 12.0. The van der Waals surface area contributed by atoms with Crippen molar-refractivity contribution < 1.29 is 37.9 Å². The molecule has 0 aliphatic carbocycles. The third-order valence-electron chi connectivity index (χ3n) is 10.1. The minimum absolute atomic E-state index is 0.00470. The molecule has 59 heavy (non-hydrogen) atoms. The van der Waals surface area contributed by atoms with Crippen LogP contribution >= 0.6 is 0 Å². The van der Waals surface area contributed by atoms with E-state index >= 15 is 0 Å². The number of hydrogen-bond donors (Lipinski definition) is 6. The number of aryl methyl sites for hydroxylation is 1. The van der Waals surface area contributed by atoms with Crippen molar-refractivity contribution in [3.05, 3.63) is 81.9 Å². The Bertz CT molecular complexity index is 2030. The molecule has 0 saturated heterocycles. The standard InChI is InChI=1S/C42H56FN9O7/c1-7-51(8-2)22-20-46-40(56)38-26(3)34(48-27(38)4)24-32-31-23-29(43)11-14-35(31)52(41(32)57)42(58)50(5)21-19-45-36(53)15-16-37(54)49-33(17-18-44)39(55)47-25-28-9-12-30(59-6)13-10-28/h9-14,23-24,33,48H,7-8,15-22,25,44H2,1-6H3,(H,45,53)(H,46,56)(H,47,55)(H,49,54)/b32-24-/t33-/m0/s1. The number of urea groups is 1. The molecule has 0 saturated carbocycles. The van der Waals surface area contributed by atoms with E-state index in [0.29, 0.717) is 41.4 Å². The summed E-state index contributed by atoms with van der Waals surface area (Å²) in [6, 6.07) is 9.27. The molecule has 2 aromatic carbocycles. The minimum Gasteiger partial charge on any atom is -0.497 e. The van der Waals surface area contributed by atoms with E-state index in [1.165, 1.54) is 30.2 Å². The smallest absolute Gasteiger partial charge is 0.331 e. The summed E-state index contributed by atoms with van der Waals surface area (Å²) in [5.41, 5.74) is 9.07. The summed E-state index contributed by atoms with van der Waals surface area (Å²) < 4.78 is 19.7. The normalized spacial score (nSPS) is 13.3.